The minimum atomic E-state index is -0.274. The van der Waals surface area contributed by atoms with Crippen LogP contribution in [0.4, 0.5) is 10.5 Å². The molecular formula is C22H34N4O3. The van der Waals surface area contributed by atoms with Crippen LogP contribution in [0, 0.1) is 5.41 Å². The van der Waals surface area contributed by atoms with Crippen molar-refractivity contribution < 1.29 is 14.3 Å². The van der Waals surface area contributed by atoms with E-state index in [2.05, 4.69) is 18.9 Å². The van der Waals surface area contributed by atoms with Crippen LogP contribution in [0.5, 0.6) is 5.75 Å². The first-order valence-electron chi connectivity index (χ1n) is 10.4. The number of amides is 2. The van der Waals surface area contributed by atoms with E-state index in [1.807, 2.05) is 11.9 Å². The van der Waals surface area contributed by atoms with Crippen molar-refractivity contribution >= 4 is 17.7 Å². The summed E-state index contributed by atoms with van der Waals surface area (Å²) in [5.41, 5.74) is 6.56. The Labute approximate surface area is 173 Å². The normalized spacial score (nSPS) is 24.4. The maximum atomic E-state index is 12.5. The van der Waals surface area contributed by atoms with Gasteiger partial charge in [0.2, 0.25) is 5.91 Å². The lowest BCUT2D eigenvalue weighted by molar-refractivity contribution is -0.129. The highest BCUT2D eigenvalue weighted by Crippen LogP contribution is 2.50. The third-order valence-electron chi connectivity index (χ3n) is 6.80. The molecule has 7 heteroatoms. The first kappa shape index (κ1) is 21.4. The van der Waals surface area contributed by atoms with Gasteiger partial charge in [-0.3, -0.25) is 4.79 Å². The van der Waals surface area contributed by atoms with Crippen LogP contribution in [0.1, 0.15) is 39.5 Å². The Kier molecular flexibility index (Phi) is 6.36. The quantitative estimate of drug-likeness (QED) is 0.740. The number of hydrogen-bond acceptors (Lipinski definition) is 5. The van der Waals surface area contributed by atoms with Crippen molar-refractivity contribution in [2.45, 2.75) is 51.6 Å². The molecule has 1 saturated carbocycles. The zero-order valence-corrected chi connectivity index (χ0v) is 18.1. The summed E-state index contributed by atoms with van der Waals surface area (Å²) in [5, 5.41) is 0. The van der Waals surface area contributed by atoms with E-state index in [9.17, 15) is 9.59 Å². The summed E-state index contributed by atoms with van der Waals surface area (Å²) in [7, 11) is 4.03. The molecule has 2 aliphatic rings. The average Bonchev–Trinajstić information content (AvgIpc) is 3.11. The smallest absolute Gasteiger partial charge is 0.410 e. The molecule has 1 saturated heterocycles. The SMILES string of the molecule is CC(=O)N(C)C(C)CCN(C)C1CC2(CCN(C(=O)Oc3ccc(N)cc3)C2)C1. The van der Waals surface area contributed by atoms with E-state index in [4.69, 9.17) is 10.5 Å². The summed E-state index contributed by atoms with van der Waals surface area (Å²) in [6, 6.07) is 7.70. The predicted molar refractivity (Wildman–Crippen MR) is 114 cm³/mol. The molecular weight excluding hydrogens is 368 g/mol. The van der Waals surface area contributed by atoms with Gasteiger partial charge >= 0.3 is 6.09 Å². The van der Waals surface area contributed by atoms with Gasteiger partial charge in [0.1, 0.15) is 5.75 Å². The number of nitrogens with zero attached hydrogens (tertiary/aromatic N) is 3. The van der Waals surface area contributed by atoms with Gasteiger partial charge in [0, 0.05) is 51.4 Å². The molecule has 0 aromatic heterocycles. The van der Waals surface area contributed by atoms with Crippen LogP contribution < -0.4 is 10.5 Å². The molecule has 1 atom stereocenters. The number of carbonyl (C=O) groups excluding carboxylic acids is 2. The number of nitrogen functional groups attached to an aromatic ring is 1. The number of rotatable bonds is 6. The zero-order valence-electron chi connectivity index (χ0n) is 18.1. The van der Waals surface area contributed by atoms with Crippen LogP contribution in [-0.2, 0) is 4.79 Å². The second-order valence-corrected chi connectivity index (χ2v) is 8.92. The van der Waals surface area contributed by atoms with E-state index < -0.39 is 0 Å². The van der Waals surface area contributed by atoms with Crippen LogP contribution in [0.15, 0.2) is 24.3 Å². The van der Waals surface area contributed by atoms with Crippen LogP contribution in [0.3, 0.4) is 0 Å². The summed E-state index contributed by atoms with van der Waals surface area (Å²) >= 11 is 0. The Morgan fingerprint density at radius 3 is 2.55 bits per heavy atom. The number of carbonyl (C=O) groups is 2. The monoisotopic (exact) mass is 402 g/mol. The lowest BCUT2D eigenvalue weighted by atomic mass is 9.64. The molecule has 7 nitrogen and oxygen atoms in total. The number of benzene rings is 1. The standard InChI is InChI=1S/C22H34N4O3/c1-16(25(4)17(2)27)9-11-24(3)19-13-22(14-19)10-12-26(15-22)21(28)29-20-7-5-18(23)6-8-20/h5-8,16,19H,9-15,23H2,1-4H3. The summed E-state index contributed by atoms with van der Waals surface area (Å²) in [5.74, 6) is 0.640. The Morgan fingerprint density at radius 2 is 1.93 bits per heavy atom. The first-order chi connectivity index (χ1) is 13.7. The lowest BCUT2D eigenvalue weighted by Gasteiger charge is -2.49. The van der Waals surface area contributed by atoms with E-state index in [0.717, 1.165) is 45.3 Å². The fraction of sp³-hybridized carbons (Fsp3) is 0.636. The second kappa shape index (κ2) is 8.61. The Balaban J connectivity index is 1.42. The molecule has 1 spiro atoms. The molecule has 160 valence electrons. The van der Waals surface area contributed by atoms with E-state index in [1.54, 1.807) is 36.1 Å². The van der Waals surface area contributed by atoms with E-state index in [-0.39, 0.29) is 23.5 Å². The van der Waals surface area contributed by atoms with Crippen LogP contribution >= 0.6 is 0 Å². The molecule has 1 heterocycles. The van der Waals surface area contributed by atoms with Crippen LogP contribution in [-0.4, -0.2) is 72.5 Å². The van der Waals surface area contributed by atoms with Gasteiger partial charge in [0.15, 0.2) is 0 Å². The molecule has 3 rings (SSSR count). The fourth-order valence-electron chi connectivity index (χ4n) is 4.45. The maximum Gasteiger partial charge on any atom is 0.415 e. The van der Waals surface area contributed by atoms with Gasteiger partial charge in [-0.1, -0.05) is 0 Å². The van der Waals surface area contributed by atoms with E-state index in [0.29, 0.717) is 17.5 Å². The van der Waals surface area contributed by atoms with Crippen LogP contribution in [0.2, 0.25) is 0 Å². The topological polar surface area (TPSA) is 79.1 Å². The molecule has 1 aliphatic heterocycles. The predicted octanol–water partition coefficient (Wildman–Crippen LogP) is 2.81. The fourth-order valence-corrected chi connectivity index (χ4v) is 4.45. The molecule has 1 aliphatic carbocycles. The minimum absolute atomic E-state index is 0.111. The van der Waals surface area contributed by atoms with Gasteiger partial charge in [0.05, 0.1) is 0 Å². The number of nitrogens with two attached hydrogens (primary N) is 1. The molecule has 2 amide bonds. The van der Waals surface area contributed by atoms with Crippen LogP contribution in [0.25, 0.3) is 0 Å². The zero-order chi connectivity index (χ0) is 21.2. The van der Waals surface area contributed by atoms with E-state index >= 15 is 0 Å². The van der Waals surface area contributed by atoms with Gasteiger partial charge in [-0.2, -0.15) is 0 Å². The van der Waals surface area contributed by atoms with Crippen molar-refractivity contribution in [1.29, 1.82) is 0 Å². The highest BCUT2D eigenvalue weighted by Gasteiger charge is 2.50. The Hall–Kier alpha value is -2.28. The van der Waals surface area contributed by atoms with Gasteiger partial charge in [-0.15, -0.1) is 0 Å². The summed E-state index contributed by atoms with van der Waals surface area (Å²) in [6.07, 6.45) is 3.97. The molecule has 29 heavy (non-hydrogen) atoms. The lowest BCUT2D eigenvalue weighted by Crippen LogP contribution is -2.52. The molecule has 0 radical (unpaired) electrons. The Bertz CT molecular complexity index is 730. The van der Waals surface area contributed by atoms with Crippen molar-refractivity contribution in [3.63, 3.8) is 0 Å². The number of ether oxygens (including phenoxy) is 1. The van der Waals surface area contributed by atoms with E-state index in [1.165, 1.54) is 0 Å². The third kappa shape index (κ3) is 5.01. The highest BCUT2D eigenvalue weighted by atomic mass is 16.6. The van der Waals surface area contributed by atoms with Crippen molar-refractivity contribution in [2.24, 2.45) is 5.41 Å². The highest BCUT2D eigenvalue weighted by molar-refractivity contribution is 5.73. The maximum absolute atomic E-state index is 12.5. The molecule has 1 unspecified atom stereocenters. The molecule has 1 aromatic rings. The number of anilines is 1. The number of likely N-dealkylation sites (tertiary alicyclic amines) is 1. The molecule has 0 bridgehead atoms. The van der Waals surface area contributed by atoms with Crippen molar-refractivity contribution in [3.05, 3.63) is 24.3 Å². The summed E-state index contributed by atoms with van der Waals surface area (Å²) in [6.45, 7) is 6.21. The second-order valence-electron chi connectivity index (χ2n) is 8.92. The van der Waals surface area contributed by atoms with Crippen molar-refractivity contribution in [2.75, 3.05) is 39.5 Å². The van der Waals surface area contributed by atoms with Crippen molar-refractivity contribution in [3.8, 4) is 5.75 Å². The number of hydrogen-bond donors (Lipinski definition) is 1. The molecule has 1 aromatic carbocycles. The Morgan fingerprint density at radius 1 is 1.28 bits per heavy atom. The minimum Gasteiger partial charge on any atom is -0.410 e. The van der Waals surface area contributed by atoms with Gasteiger partial charge in [-0.05, 0) is 69.3 Å². The summed E-state index contributed by atoms with van der Waals surface area (Å²) < 4.78 is 5.48. The summed E-state index contributed by atoms with van der Waals surface area (Å²) in [4.78, 5) is 30.0. The first-order valence-corrected chi connectivity index (χ1v) is 10.4. The van der Waals surface area contributed by atoms with Gasteiger partial charge < -0.3 is 25.2 Å². The van der Waals surface area contributed by atoms with Gasteiger partial charge in [-0.25, -0.2) is 4.79 Å². The average molecular weight is 403 g/mol. The van der Waals surface area contributed by atoms with Gasteiger partial charge in [0.25, 0.3) is 0 Å². The van der Waals surface area contributed by atoms with Crippen molar-refractivity contribution in [1.82, 2.24) is 14.7 Å². The molecule has 2 N–H and O–H groups in total. The molecule has 2 fully saturated rings. The third-order valence-corrected chi connectivity index (χ3v) is 6.80. The largest absolute Gasteiger partial charge is 0.415 e.